The minimum absolute atomic E-state index is 0.322. The molecule has 7 heteroatoms. The average Bonchev–Trinajstić information content (AvgIpc) is 3.14. The van der Waals surface area contributed by atoms with Gasteiger partial charge in [0.15, 0.2) is 0 Å². The first kappa shape index (κ1) is 15.9. The molecule has 1 saturated heterocycles. The van der Waals surface area contributed by atoms with Crippen LogP contribution in [0.15, 0.2) is 18.5 Å². The maximum Gasteiger partial charge on any atom is 0.418 e. The van der Waals surface area contributed by atoms with E-state index in [0.29, 0.717) is 31.5 Å². The first-order valence-electron chi connectivity index (χ1n) is 8.33. The summed E-state index contributed by atoms with van der Waals surface area (Å²) in [5.41, 5.74) is -1.64. The average molecular weight is 340 g/mol. The number of halogens is 3. The molecule has 3 fully saturated rings. The second-order valence-corrected chi connectivity index (χ2v) is 7.14. The number of ether oxygens (including phenoxy) is 1. The number of carbonyl (C=O) groups is 1. The molecule has 4 nitrogen and oxygen atoms in total. The number of hydrogen-bond acceptors (Lipinski definition) is 3. The smallest absolute Gasteiger partial charge is 0.371 e. The highest BCUT2D eigenvalue weighted by atomic mass is 19.4. The highest BCUT2D eigenvalue weighted by Crippen LogP contribution is 2.53. The predicted molar refractivity (Wildman–Crippen MR) is 79.3 cm³/mol. The summed E-state index contributed by atoms with van der Waals surface area (Å²) < 4.78 is 45.5. The number of carbonyl (C=O) groups excluding carboxylic acids is 1. The lowest BCUT2D eigenvalue weighted by atomic mass is 9.82. The van der Waals surface area contributed by atoms with Crippen molar-refractivity contribution < 1.29 is 22.7 Å². The highest BCUT2D eigenvalue weighted by molar-refractivity contribution is 5.95. The van der Waals surface area contributed by atoms with E-state index in [1.807, 2.05) is 0 Å². The Bertz CT molecular complexity index is 663. The SMILES string of the molecule is O=C(c1ccncc1C(F)(F)F)N1CCOC2(CC3CCC2C3)C1. The van der Waals surface area contributed by atoms with Crippen LogP contribution in [0.25, 0.3) is 0 Å². The molecule has 0 N–H and O–H groups in total. The maximum atomic E-state index is 13.2. The van der Waals surface area contributed by atoms with Gasteiger partial charge in [-0.25, -0.2) is 0 Å². The molecule has 1 aliphatic heterocycles. The summed E-state index contributed by atoms with van der Waals surface area (Å²) in [7, 11) is 0. The normalized spacial score (nSPS) is 32.5. The first-order valence-corrected chi connectivity index (χ1v) is 8.33. The Labute approximate surface area is 138 Å². The molecule has 2 bridgehead atoms. The number of rotatable bonds is 1. The van der Waals surface area contributed by atoms with Gasteiger partial charge in [0.25, 0.3) is 5.91 Å². The molecule has 3 unspecified atom stereocenters. The largest absolute Gasteiger partial charge is 0.418 e. The lowest BCUT2D eigenvalue weighted by Crippen LogP contribution is -2.56. The van der Waals surface area contributed by atoms with E-state index in [-0.39, 0.29) is 11.2 Å². The highest BCUT2D eigenvalue weighted by Gasteiger charge is 2.54. The van der Waals surface area contributed by atoms with E-state index < -0.39 is 17.6 Å². The van der Waals surface area contributed by atoms with E-state index in [9.17, 15) is 18.0 Å². The summed E-state index contributed by atoms with van der Waals surface area (Å²) in [6.45, 7) is 1.12. The molecule has 3 atom stereocenters. The van der Waals surface area contributed by atoms with E-state index in [4.69, 9.17) is 4.74 Å². The summed E-state index contributed by atoms with van der Waals surface area (Å²) >= 11 is 0. The fourth-order valence-corrected chi connectivity index (χ4v) is 4.72. The van der Waals surface area contributed by atoms with E-state index in [1.165, 1.54) is 17.5 Å². The molecule has 0 aromatic carbocycles. The van der Waals surface area contributed by atoms with Crippen LogP contribution in [-0.4, -0.2) is 41.1 Å². The first-order chi connectivity index (χ1) is 11.4. The van der Waals surface area contributed by atoms with E-state index in [2.05, 4.69) is 4.98 Å². The molecular formula is C17H19F3N2O2. The molecule has 3 aliphatic rings. The fraction of sp³-hybridized carbons (Fsp3) is 0.647. The number of morpholine rings is 1. The Hall–Kier alpha value is -1.63. The molecular weight excluding hydrogens is 321 g/mol. The van der Waals surface area contributed by atoms with E-state index in [1.54, 1.807) is 0 Å². The van der Waals surface area contributed by atoms with Crippen LogP contribution in [0.5, 0.6) is 0 Å². The summed E-state index contributed by atoms with van der Waals surface area (Å²) in [4.78, 5) is 17.8. The molecule has 1 aromatic heterocycles. The van der Waals surface area contributed by atoms with Gasteiger partial charge in [-0.15, -0.1) is 0 Å². The van der Waals surface area contributed by atoms with Crippen LogP contribution < -0.4 is 0 Å². The summed E-state index contributed by atoms with van der Waals surface area (Å²) in [5.74, 6) is 0.490. The quantitative estimate of drug-likeness (QED) is 0.789. The molecule has 4 rings (SSSR count). The number of fused-ring (bicyclic) bond motifs is 3. The van der Waals surface area contributed by atoms with Gasteiger partial charge < -0.3 is 9.64 Å². The third kappa shape index (κ3) is 2.49. The van der Waals surface area contributed by atoms with Gasteiger partial charge in [-0.2, -0.15) is 13.2 Å². The topological polar surface area (TPSA) is 42.4 Å². The second kappa shape index (κ2) is 5.44. The second-order valence-electron chi connectivity index (χ2n) is 7.14. The maximum absolute atomic E-state index is 13.2. The van der Waals surface area contributed by atoms with Gasteiger partial charge >= 0.3 is 6.18 Å². The van der Waals surface area contributed by atoms with Crippen molar-refractivity contribution in [3.05, 3.63) is 29.6 Å². The number of pyridine rings is 1. The molecule has 1 aromatic rings. The third-order valence-electron chi connectivity index (χ3n) is 5.77. The fourth-order valence-electron chi connectivity index (χ4n) is 4.72. The van der Waals surface area contributed by atoms with Crippen LogP contribution in [0.2, 0.25) is 0 Å². The van der Waals surface area contributed by atoms with Gasteiger partial charge in [0.05, 0.1) is 29.9 Å². The van der Waals surface area contributed by atoms with Crippen LogP contribution in [0.3, 0.4) is 0 Å². The van der Waals surface area contributed by atoms with E-state index in [0.717, 1.165) is 31.5 Å². The Morgan fingerprint density at radius 2 is 2.21 bits per heavy atom. The Morgan fingerprint density at radius 3 is 2.88 bits per heavy atom. The van der Waals surface area contributed by atoms with Crippen molar-refractivity contribution in [1.82, 2.24) is 9.88 Å². The Balaban J connectivity index is 1.59. The van der Waals surface area contributed by atoms with Crippen LogP contribution in [0, 0.1) is 11.8 Å². The van der Waals surface area contributed by atoms with Crippen molar-refractivity contribution >= 4 is 5.91 Å². The van der Waals surface area contributed by atoms with Crippen molar-refractivity contribution in [2.75, 3.05) is 19.7 Å². The van der Waals surface area contributed by atoms with Gasteiger partial charge in [-0.3, -0.25) is 9.78 Å². The van der Waals surface area contributed by atoms with Crippen molar-refractivity contribution in [3.8, 4) is 0 Å². The molecule has 2 aliphatic carbocycles. The number of nitrogens with zero attached hydrogens (tertiary/aromatic N) is 2. The van der Waals surface area contributed by atoms with Crippen molar-refractivity contribution in [1.29, 1.82) is 0 Å². The monoisotopic (exact) mass is 340 g/mol. The van der Waals surface area contributed by atoms with Gasteiger partial charge in [0.1, 0.15) is 0 Å². The van der Waals surface area contributed by atoms with Crippen LogP contribution >= 0.6 is 0 Å². The van der Waals surface area contributed by atoms with Gasteiger partial charge in [0.2, 0.25) is 0 Å². The molecule has 1 amide bonds. The van der Waals surface area contributed by atoms with Crippen LogP contribution in [0.4, 0.5) is 13.2 Å². The Kier molecular flexibility index (Phi) is 3.60. The minimum Gasteiger partial charge on any atom is -0.371 e. The zero-order valence-electron chi connectivity index (χ0n) is 13.2. The zero-order valence-corrected chi connectivity index (χ0v) is 13.2. The van der Waals surface area contributed by atoms with Gasteiger partial charge in [0, 0.05) is 18.9 Å². The lowest BCUT2D eigenvalue weighted by molar-refractivity contribution is -0.139. The standard InChI is InChI=1S/C17H19F3N2O2/c18-17(19,20)14-9-21-4-3-13(14)15(23)22-5-6-24-16(10-22)8-11-1-2-12(16)7-11/h3-4,9,11-12H,1-2,5-8,10H2. The van der Waals surface area contributed by atoms with Crippen molar-refractivity contribution in [2.45, 2.75) is 37.5 Å². The number of amides is 1. The summed E-state index contributed by atoms with van der Waals surface area (Å²) in [5, 5.41) is 0. The van der Waals surface area contributed by atoms with Gasteiger partial charge in [-0.1, -0.05) is 0 Å². The zero-order chi connectivity index (χ0) is 16.9. The van der Waals surface area contributed by atoms with Crippen molar-refractivity contribution in [3.63, 3.8) is 0 Å². The van der Waals surface area contributed by atoms with Crippen molar-refractivity contribution in [2.24, 2.45) is 11.8 Å². The molecule has 130 valence electrons. The molecule has 2 saturated carbocycles. The molecule has 24 heavy (non-hydrogen) atoms. The molecule has 0 radical (unpaired) electrons. The predicted octanol–water partition coefficient (Wildman–Crippen LogP) is 3.13. The summed E-state index contributed by atoms with van der Waals surface area (Å²) in [6.07, 6.45) is 1.70. The molecule has 2 heterocycles. The number of hydrogen-bond donors (Lipinski definition) is 0. The van der Waals surface area contributed by atoms with Gasteiger partial charge in [-0.05, 0) is 43.6 Å². The van der Waals surface area contributed by atoms with Crippen LogP contribution in [0.1, 0.15) is 41.6 Å². The van der Waals surface area contributed by atoms with E-state index >= 15 is 0 Å². The lowest BCUT2D eigenvalue weighted by Gasteiger charge is -2.45. The number of alkyl halides is 3. The minimum atomic E-state index is -4.59. The number of aromatic nitrogens is 1. The Morgan fingerprint density at radius 1 is 1.38 bits per heavy atom. The molecule has 1 spiro atoms. The summed E-state index contributed by atoms with van der Waals surface area (Å²) in [6, 6.07) is 1.16. The van der Waals surface area contributed by atoms with Crippen LogP contribution in [-0.2, 0) is 10.9 Å². The third-order valence-corrected chi connectivity index (χ3v) is 5.77.